The molecule has 0 heterocycles. The maximum absolute atomic E-state index is 5.71. The van der Waals surface area contributed by atoms with Gasteiger partial charge in [0.2, 0.25) is 0 Å². The van der Waals surface area contributed by atoms with Crippen molar-refractivity contribution in [1.29, 1.82) is 0 Å². The van der Waals surface area contributed by atoms with Gasteiger partial charge in [0.05, 0.1) is 6.61 Å². The van der Waals surface area contributed by atoms with Crippen molar-refractivity contribution >= 4 is 0 Å². The number of hydrogen-bond donors (Lipinski definition) is 1. The first-order valence-corrected chi connectivity index (χ1v) is 6.40. The normalized spacial score (nSPS) is 11.6. The van der Waals surface area contributed by atoms with Crippen molar-refractivity contribution in [3.8, 4) is 5.75 Å². The number of benzene rings is 1. The fraction of sp³-hybridized carbons (Fsp3) is 0.600. The second-order valence-corrected chi connectivity index (χ2v) is 5.37. The quantitative estimate of drug-likeness (QED) is 0.846. The molecule has 0 saturated carbocycles. The fourth-order valence-corrected chi connectivity index (χ4v) is 1.87. The largest absolute Gasteiger partial charge is 0.494 e. The van der Waals surface area contributed by atoms with Crippen LogP contribution in [-0.4, -0.2) is 20.2 Å². The van der Waals surface area contributed by atoms with E-state index in [0.29, 0.717) is 0 Å². The van der Waals surface area contributed by atoms with Crippen molar-refractivity contribution in [2.45, 2.75) is 39.5 Å². The van der Waals surface area contributed by atoms with Gasteiger partial charge in [0.1, 0.15) is 5.75 Å². The Morgan fingerprint density at radius 2 is 1.94 bits per heavy atom. The topological polar surface area (TPSA) is 21.3 Å². The zero-order chi connectivity index (χ0) is 12.9. The van der Waals surface area contributed by atoms with Crippen LogP contribution in [0, 0.1) is 0 Å². The highest BCUT2D eigenvalue weighted by Gasteiger charge is 2.19. The van der Waals surface area contributed by atoms with Crippen LogP contribution in [0.5, 0.6) is 5.75 Å². The van der Waals surface area contributed by atoms with E-state index in [-0.39, 0.29) is 5.41 Å². The molecule has 0 atom stereocenters. The van der Waals surface area contributed by atoms with Crippen LogP contribution in [0.2, 0.25) is 0 Å². The lowest BCUT2D eigenvalue weighted by atomic mass is 9.85. The SMILES string of the molecule is CCOc1ccc(CCNC)cc1C(C)(C)C. The van der Waals surface area contributed by atoms with Crippen molar-refractivity contribution in [2.75, 3.05) is 20.2 Å². The van der Waals surface area contributed by atoms with Crippen molar-refractivity contribution in [2.24, 2.45) is 0 Å². The monoisotopic (exact) mass is 235 g/mol. The van der Waals surface area contributed by atoms with Gasteiger partial charge in [0.25, 0.3) is 0 Å². The molecule has 0 fully saturated rings. The Balaban J connectivity index is 3.01. The van der Waals surface area contributed by atoms with Crippen LogP contribution in [0.15, 0.2) is 18.2 Å². The van der Waals surface area contributed by atoms with Gasteiger partial charge in [-0.1, -0.05) is 32.9 Å². The van der Waals surface area contributed by atoms with E-state index in [0.717, 1.165) is 25.3 Å². The molecular formula is C15H25NO. The Morgan fingerprint density at radius 3 is 2.47 bits per heavy atom. The van der Waals surface area contributed by atoms with Crippen molar-refractivity contribution in [3.63, 3.8) is 0 Å². The first kappa shape index (κ1) is 14.0. The lowest BCUT2D eigenvalue weighted by Gasteiger charge is -2.23. The number of ether oxygens (including phenoxy) is 1. The van der Waals surface area contributed by atoms with Crippen LogP contribution in [0.25, 0.3) is 0 Å². The van der Waals surface area contributed by atoms with Gasteiger partial charge in [-0.2, -0.15) is 0 Å². The molecule has 1 aromatic carbocycles. The van der Waals surface area contributed by atoms with Gasteiger partial charge in [0, 0.05) is 0 Å². The van der Waals surface area contributed by atoms with Crippen LogP contribution in [-0.2, 0) is 11.8 Å². The molecule has 0 aliphatic heterocycles. The Morgan fingerprint density at radius 1 is 1.24 bits per heavy atom. The molecule has 2 nitrogen and oxygen atoms in total. The number of likely N-dealkylation sites (N-methyl/N-ethyl adjacent to an activating group) is 1. The van der Waals surface area contributed by atoms with Crippen LogP contribution < -0.4 is 10.1 Å². The first-order valence-electron chi connectivity index (χ1n) is 6.40. The third-order valence-electron chi connectivity index (χ3n) is 2.82. The van der Waals surface area contributed by atoms with E-state index in [1.54, 1.807) is 0 Å². The van der Waals surface area contributed by atoms with E-state index in [4.69, 9.17) is 4.74 Å². The summed E-state index contributed by atoms with van der Waals surface area (Å²) in [5, 5.41) is 3.18. The van der Waals surface area contributed by atoms with Crippen LogP contribution >= 0.6 is 0 Å². The third-order valence-corrected chi connectivity index (χ3v) is 2.82. The fourth-order valence-electron chi connectivity index (χ4n) is 1.87. The molecule has 0 unspecified atom stereocenters. The molecule has 0 aliphatic rings. The molecule has 1 aromatic rings. The Kier molecular flexibility index (Phi) is 5.01. The van der Waals surface area contributed by atoms with E-state index in [9.17, 15) is 0 Å². The summed E-state index contributed by atoms with van der Waals surface area (Å²) in [4.78, 5) is 0. The van der Waals surface area contributed by atoms with E-state index in [1.807, 2.05) is 14.0 Å². The first-order chi connectivity index (χ1) is 7.99. The Hall–Kier alpha value is -1.02. The highest BCUT2D eigenvalue weighted by atomic mass is 16.5. The van der Waals surface area contributed by atoms with Crippen molar-refractivity contribution in [1.82, 2.24) is 5.32 Å². The standard InChI is InChI=1S/C15H25NO/c1-6-17-14-8-7-12(9-10-16-5)11-13(14)15(2,3)4/h7-8,11,16H,6,9-10H2,1-5H3. The van der Waals surface area contributed by atoms with E-state index < -0.39 is 0 Å². The molecule has 0 radical (unpaired) electrons. The second-order valence-electron chi connectivity index (χ2n) is 5.37. The molecule has 0 aliphatic carbocycles. The van der Waals surface area contributed by atoms with Crippen LogP contribution in [0.4, 0.5) is 0 Å². The minimum absolute atomic E-state index is 0.125. The van der Waals surface area contributed by atoms with Gasteiger partial charge in [-0.3, -0.25) is 0 Å². The van der Waals surface area contributed by atoms with Gasteiger partial charge in [-0.25, -0.2) is 0 Å². The summed E-state index contributed by atoms with van der Waals surface area (Å²) < 4.78 is 5.71. The van der Waals surface area contributed by atoms with Crippen LogP contribution in [0.1, 0.15) is 38.8 Å². The second kappa shape index (κ2) is 6.06. The highest BCUT2D eigenvalue weighted by molar-refractivity contribution is 5.41. The highest BCUT2D eigenvalue weighted by Crippen LogP contribution is 2.32. The van der Waals surface area contributed by atoms with Crippen molar-refractivity contribution < 1.29 is 4.74 Å². The minimum atomic E-state index is 0.125. The maximum atomic E-state index is 5.71. The van der Waals surface area contributed by atoms with E-state index in [2.05, 4.69) is 44.3 Å². The molecule has 0 bridgehead atoms. The number of rotatable bonds is 5. The smallest absolute Gasteiger partial charge is 0.123 e. The summed E-state index contributed by atoms with van der Waals surface area (Å²) in [6, 6.07) is 6.55. The summed E-state index contributed by atoms with van der Waals surface area (Å²) in [5.41, 5.74) is 2.79. The molecule has 17 heavy (non-hydrogen) atoms. The molecule has 0 aromatic heterocycles. The zero-order valence-corrected chi connectivity index (χ0v) is 11.8. The van der Waals surface area contributed by atoms with Gasteiger partial charge in [-0.05, 0) is 49.5 Å². The predicted octanol–water partition coefficient (Wildman–Crippen LogP) is 3.14. The molecule has 0 amide bonds. The average Bonchev–Trinajstić information content (AvgIpc) is 2.26. The predicted molar refractivity (Wildman–Crippen MR) is 73.9 cm³/mol. The molecular weight excluding hydrogens is 210 g/mol. The average molecular weight is 235 g/mol. The number of nitrogens with one attached hydrogen (secondary N) is 1. The zero-order valence-electron chi connectivity index (χ0n) is 11.8. The molecule has 2 heteroatoms. The van der Waals surface area contributed by atoms with Gasteiger partial charge < -0.3 is 10.1 Å². The molecule has 1 rings (SSSR count). The van der Waals surface area contributed by atoms with Crippen LogP contribution in [0.3, 0.4) is 0 Å². The summed E-state index contributed by atoms with van der Waals surface area (Å²) in [6.45, 7) is 10.4. The molecule has 0 spiro atoms. The molecule has 1 N–H and O–H groups in total. The lowest BCUT2D eigenvalue weighted by Crippen LogP contribution is -2.15. The maximum Gasteiger partial charge on any atom is 0.123 e. The molecule has 96 valence electrons. The minimum Gasteiger partial charge on any atom is -0.494 e. The van der Waals surface area contributed by atoms with E-state index >= 15 is 0 Å². The van der Waals surface area contributed by atoms with Gasteiger partial charge in [0.15, 0.2) is 0 Å². The Labute approximate surface area is 105 Å². The summed E-state index contributed by atoms with van der Waals surface area (Å²) in [7, 11) is 1.99. The van der Waals surface area contributed by atoms with E-state index in [1.165, 1.54) is 11.1 Å². The summed E-state index contributed by atoms with van der Waals surface area (Å²) >= 11 is 0. The number of hydrogen-bond acceptors (Lipinski definition) is 2. The third kappa shape index (κ3) is 4.04. The summed E-state index contributed by atoms with van der Waals surface area (Å²) in [5.74, 6) is 1.02. The lowest BCUT2D eigenvalue weighted by molar-refractivity contribution is 0.329. The van der Waals surface area contributed by atoms with Gasteiger partial charge >= 0.3 is 0 Å². The Bertz CT molecular complexity index is 352. The molecule has 0 saturated heterocycles. The van der Waals surface area contributed by atoms with Gasteiger partial charge in [-0.15, -0.1) is 0 Å². The van der Waals surface area contributed by atoms with Crippen molar-refractivity contribution in [3.05, 3.63) is 29.3 Å². The summed E-state index contributed by atoms with van der Waals surface area (Å²) in [6.07, 6.45) is 1.06.